The Balaban J connectivity index is 2.33. The van der Waals surface area contributed by atoms with E-state index in [-0.39, 0.29) is 0 Å². The SMILES string of the molecule is C[C@@H]1OC(=O)[C@H]2OC(=O)C(C(=O)O)[C@@H]12. The third kappa shape index (κ3) is 0.997. The second kappa shape index (κ2) is 2.70. The molecule has 14 heavy (non-hydrogen) atoms. The maximum atomic E-state index is 11.1. The Morgan fingerprint density at radius 3 is 2.50 bits per heavy atom. The second-order valence-electron chi connectivity index (χ2n) is 3.39. The Labute approximate surface area is 78.8 Å². The van der Waals surface area contributed by atoms with Crippen LogP contribution < -0.4 is 0 Å². The van der Waals surface area contributed by atoms with Crippen molar-refractivity contribution in [1.29, 1.82) is 0 Å². The summed E-state index contributed by atoms with van der Waals surface area (Å²) in [5, 5.41) is 8.77. The molecule has 2 fully saturated rings. The van der Waals surface area contributed by atoms with Gasteiger partial charge in [0.25, 0.3) is 0 Å². The third-order valence-corrected chi connectivity index (χ3v) is 2.57. The monoisotopic (exact) mass is 200 g/mol. The van der Waals surface area contributed by atoms with Crippen LogP contribution in [-0.4, -0.2) is 35.2 Å². The lowest BCUT2D eigenvalue weighted by Gasteiger charge is -2.11. The van der Waals surface area contributed by atoms with E-state index in [9.17, 15) is 14.4 Å². The molecular formula is C8H8O6. The van der Waals surface area contributed by atoms with E-state index in [0.29, 0.717) is 0 Å². The van der Waals surface area contributed by atoms with Gasteiger partial charge in [0.2, 0.25) is 6.10 Å². The van der Waals surface area contributed by atoms with Crippen LogP contribution in [0.1, 0.15) is 6.92 Å². The Bertz CT molecular complexity index is 322. The number of carboxylic acids is 1. The van der Waals surface area contributed by atoms with Crippen LogP contribution in [-0.2, 0) is 23.9 Å². The van der Waals surface area contributed by atoms with Crippen molar-refractivity contribution in [2.75, 3.05) is 0 Å². The quantitative estimate of drug-likeness (QED) is 0.439. The van der Waals surface area contributed by atoms with E-state index in [0.717, 1.165) is 0 Å². The van der Waals surface area contributed by atoms with Crippen molar-refractivity contribution >= 4 is 17.9 Å². The number of hydrogen-bond acceptors (Lipinski definition) is 5. The summed E-state index contributed by atoms with van der Waals surface area (Å²) < 4.78 is 9.43. The highest BCUT2D eigenvalue weighted by molar-refractivity contribution is 5.99. The molecule has 4 atom stereocenters. The molecule has 0 aromatic rings. The van der Waals surface area contributed by atoms with Crippen molar-refractivity contribution in [3.63, 3.8) is 0 Å². The predicted octanol–water partition coefficient (Wildman–Crippen LogP) is -0.826. The summed E-state index contributed by atoms with van der Waals surface area (Å²) >= 11 is 0. The maximum Gasteiger partial charge on any atom is 0.348 e. The first-order valence-electron chi connectivity index (χ1n) is 4.16. The van der Waals surface area contributed by atoms with E-state index in [1.807, 2.05) is 0 Å². The molecule has 2 aliphatic heterocycles. The second-order valence-corrected chi connectivity index (χ2v) is 3.39. The molecule has 2 rings (SSSR count). The number of cyclic esters (lactones) is 1. The van der Waals surface area contributed by atoms with Crippen molar-refractivity contribution in [2.45, 2.75) is 19.1 Å². The fraction of sp³-hybridized carbons (Fsp3) is 0.625. The fourth-order valence-corrected chi connectivity index (χ4v) is 1.93. The Hall–Kier alpha value is -1.59. The van der Waals surface area contributed by atoms with Gasteiger partial charge < -0.3 is 14.6 Å². The summed E-state index contributed by atoms with van der Waals surface area (Å²) in [6, 6.07) is 0. The number of aliphatic carboxylic acids is 1. The summed E-state index contributed by atoms with van der Waals surface area (Å²) in [5.41, 5.74) is 0. The van der Waals surface area contributed by atoms with E-state index in [2.05, 4.69) is 4.74 Å². The molecule has 2 saturated heterocycles. The molecular weight excluding hydrogens is 192 g/mol. The summed E-state index contributed by atoms with van der Waals surface area (Å²) in [6.07, 6.45) is -1.61. The van der Waals surface area contributed by atoms with Gasteiger partial charge in [0, 0.05) is 0 Å². The highest BCUT2D eigenvalue weighted by Gasteiger charge is 2.59. The van der Waals surface area contributed by atoms with Crippen molar-refractivity contribution in [1.82, 2.24) is 0 Å². The summed E-state index contributed by atoms with van der Waals surface area (Å²) in [7, 11) is 0. The van der Waals surface area contributed by atoms with Crippen molar-refractivity contribution in [3.8, 4) is 0 Å². The zero-order valence-electron chi connectivity index (χ0n) is 7.30. The Morgan fingerprint density at radius 2 is 1.93 bits per heavy atom. The average Bonchev–Trinajstić information content (AvgIpc) is 2.52. The lowest BCUT2D eigenvalue weighted by atomic mass is 9.88. The smallest absolute Gasteiger partial charge is 0.348 e. The largest absolute Gasteiger partial charge is 0.481 e. The molecule has 0 bridgehead atoms. The molecule has 2 heterocycles. The van der Waals surface area contributed by atoms with Crippen molar-refractivity contribution in [2.24, 2.45) is 11.8 Å². The minimum Gasteiger partial charge on any atom is -0.481 e. The first-order chi connectivity index (χ1) is 6.52. The minimum atomic E-state index is -1.28. The molecule has 0 radical (unpaired) electrons. The van der Waals surface area contributed by atoms with Gasteiger partial charge in [-0.2, -0.15) is 0 Å². The van der Waals surface area contributed by atoms with Crippen LogP contribution >= 0.6 is 0 Å². The van der Waals surface area contributed by atoms with Crippen LogP contribution in [0.25, 0.3) is 0 Å². The van der Waals surface area contributed by atoms with E-state index < -0.39 is 42.0 Å². The molecule has 1 N–H and O–H groups in total. The number of carbonyl (C=O) groups excluding carboxylic acids is 2. The maximum absolute atomic E-state index is 11.1. The number of hydrogen-bond donors (Lipinski definition) is 1. The molecule has 6 nitrogen and oxygen atoms in total. The molecule has 0 aliphatic carbocycles. The van der Waals surface area contributed by atoms with E-state index >= 15 is 0 Å². The van der Waals surface area contributed by atoms with Gasteiger partial charge in [-0.3, -0.25) is 9.59 Å². The zero-order chi connectivity index (χ0) is 10.5. The number of carbonyl (C=O) groups is 3. The average molecular weight is 200 g/mol. The normalized spacial score (nSPS) is 40.4. The van der Waals surface area contributed by atoms with E-state index in [1.54, 1.807) is 6.92 Å². The molecule has 0 aromatic heterocycles. The van der Waals surface area contributed by atoms with Gasteiger partial charge in [0.1, 0.15) is 6.10 Å². The predicted molar refractivity (Wildman–Crippen MR) is 40.0 cm³/mol. The first kappa shape index (κ1) is 8.98. The molecule has 0 spiro atoms. The molecule has 2 aliphatic rings. The summed E-state index contributed by atoms with van der Waals surface area (Å²) in [6.45, 7) is 1.56. The first-order valence-corrected chi connectivity index (χ1v) is 4.16. The van der Waals surface area contributed by atoms with Gasteiger partial charge in [-0.1, -0.05) is 0 Å². The number of carboxylic acid groups (broad SMARTS) is 1. The van der Waals surface area contributed by atoms with E-state index in [1.165, 1.54) is 0 Å². The number of ether oxygens (including phenoxy) is 2. The molecule has 1 unspecified atom stereocenters. The van der Waals surface area contributed by atoms with Crippen molar-refractivity contribution in [3.05, 3.63) is 0 Å². The standard InChI is InChI=1S/C8H8O6/c1-2-3-4(6(9)10)7(11)14-5(3)8(12)13-2/h2-5H,1H3,(H,9,10)/t2-,3+,4?,5-/m0/s1. The van der Waals surface area contributed by atoms with Crippen LogP contribution in [0.15, 0.2) is 0 Å². The molecule has 0 saturated carbocycles. The van der Waals surface area contributed by atoms with Gasteiger partial charge >= 0.3 is 17.9 Å². The van der Waals surface area contributed by atoms with Crippen LogP contribution in [0.3, 0.4) is 0 Å². The number of rotatable bonds is 1. The Morgan fingerprint density at radius 1 is 1.29 bits per heavy atom. The number of fused-ring (bicyclic) bond motifs is 1. The summed E-state index contributed by atoms with van der Waals surface area (Å²) in [5.74, 6) is -4.74. The number of esters is 2. The van der Waals surface area contributed by atoms with Gasteiger partial charge in [-0.05, 0) is 6.92 Å². The molecule has 76 valence electrons. The van der Waals surface area contributed by atoms with Crippen molar-refractivity contribution < 1.29 is 29.0 Å². The molecule has 6 heteroatoms. The van der Waals surface area contributed by atoms with Crippen LogP contribution in [0.2, 0.25) is 0 Å². The molecule has 0 aromatic carbocycles. The highest BCUT2D eigenvalue weighted by atomic mass is 16.6. The van der Waals surface area contributed by atoms with Gasteiger partial charge in [0.15, 0.2) is 5.92 Å². The van der Waals surface area contributed by atoms with Crippen LogP contribution in [0.5, 0.6) is 0 Å². The lowest BCUT2D eigenvalue weighted by molar-refractivity contribution is -0.163. The van der Waals surface area contributed by atoms with E-state index in [4.69, 9.17) is 9.84 Å². The topological polar surface area (TPSA) is 89.9 Å². The summed E-state index contributed by atoms with van der Waals surface area (Å²) in [4.78, 5) is 32.9. The minimum absolute atomic E-state index is 0.583. The van der Waals surface area contributed by atoms with Gasteiger partial charge in [-0.15, -0.1) is 0 Å². The highest BCUT2D eigenvalue weighted by Crippen LogP contribution is 2.38. The lowest BCUT2D eigenvalue weighted by Crippen LogP contribution is -2.31. The zero-order valence-corrected chi connectivity index (χ0v) is 7.30. The fourth-order valence-electron chi connectivity index (χ4n) is 1.93. The van der Waals surface area contributed by atoms with Crippen LogP contribution in [0, 0.1) is 11.8 Å². The molecule has 0 amide bonds. The third-order valence-electron chi connectivity index (χ3n) is 2.57. The Kier molecular flexibility index (Phi) is 1.73. The van der Waals surface area contributed by atoms with Crippen LogP contribution in [0.4, 0.5) is 0 Å². The van der Waals surface area contributed by atoms with Gasteiger partial charge in [0.05, 0.1) is 5.92 Å². The van der Waals surface area contributed by atoms with Gasteiger partial charge in [-0.25, -0.2) is 4.79 Å².